The van der Waals surface area contributed by atoms with E-state index < -0.39 is 0 Å². The lowest BCUT2D eigenvalue weighted by Crippen LogP contribution is -2.41. The van der Waals surface area contributed by atoms with E-state index in [2.05, 4.69) is 45.3 Å². The van der Waals surface area contributed by atoms with E-state index >= 15 is 0 Å². The SMILES string of the molecule is CCC(C)C(C)NCC(=O)NCC(C)C. The van der Waals surface area contributed by atoms with Gasteiger partial charge in [0, 0.05) is 12.6 Å². The minimum Gasteiger partial charge on any atom is -0.355 e. The van der Waals surface area contributed by atoms with E-state index in [9.17, 15) is 4.79 Å². The summed E-state index contributed by atoms with van der Waals surface area (Å²) in [6.45, 7) is 11.9. The van der Waals surface area contributed by atoms with Gasteiger partial charge < -0.3 is 10.6 Å². The molecule has 0 aromatic carbocycles. The van der Waals surface area contributed by atoms with Crippen molar-refractivity contribution in [2.75, 3.05) is 13.1 Å². The van der Waals surface area contributed by atoms with E-state index in [4.69, 9.17) is 0 Å². The molecule has 1 amide bonds. The fourth-order valence-electron chi connectivity index (χ4n) is 1.19. The zero-order valence-electron chi connectivity index (χ0n) is 10.8. The molecule has 0 aromatic rings. The molecule has 2 unspecified atom stereocenters. The third kappa shape index (κ3) is 7.37. The van der Waals surface area contributed by atoms with Gasteiger partial charge in [0.25, 0.3) is 0 Å². The normalized spacial score (nSPS) is 15.1. The van der Waals surface area contributed by atoms with E-state index in [0.717, 1.165) is 13.0 Å². The summed E-state index contributed by atoms with van der Waals surface area (Å²) in [5, 5.41) is 6.14. The molecule has 0 aliphatic rings. The zero-order valence-corrected chi connectivity index (χ0v) is 10.8. The largest absolute Gasteiger partial charge is 0.355 e. The Balaban J connectivity index is 3.62. The van der Waals surface area contributed by atoms with Crippen molar-refractivity contribution in [3.8, 4) is 0 Å². The van der Waals surface area contributed by atoms with Gasteiger partial charge in [0.05, 0.1) is 6.54 Å². The predicted octanol–water partition coefficient (Wildman–Crippen LogP) is 1.78. The maximum atomic E-state index is 11.4. The standard InChI is InChI=1S/C12H26N2O/c1-6-10(4)11(5)13-8-12(15)14-7-9(2)3/h9-11,13H,6-8H2,1-5H3,(H,14,15). The van der Waals surface area contributed by atoms with Crippen LogP contribution in [0, 0.1) is 11.8 Å². The van der Waals surface area contributed by atoms with Gasteiger partial charge in [-0.3, -0.25) is 4.79 Å². The molecule has 0 fully saturated rings. The summed E-state index contributed by atoms with van der Waals surface area (Å²) >= 11 is 0. The Bertz CT molecular complexity index is 180. The van der Waals surface area contributed by atoms with Crippen molar-refractivity contribution in [3.63, 3.8) is 0 Å². The minimum absolute atomic E-state index is 0.0962. The van der Waals surface area contributed by atoms with Gasteiger partial charge >= 0.3 is 0 Å². The van der Waals surface area contributed by atoms with Crippen LogP contribution in [0.25, 0.3) is 0 Å². The van der Waals surface area contributed by atoms with Crippen molar-refractivity contribution in [1.82, 2.24) is 10.6 Å². The summed E-state index contributed by atoms with van der Waals surface area (Å²) in [5.74, 6) is 1.22. The van der Waals surface area contributed by atoms with Crippen LogP contribution >= 0.6 is 0 Å². The first-order valence-electron chi connectivity index (χ1n) is 5.97. The van der Waals surface area contributed by atoms with E-state index in [1.54, 1.807) is 0 Å². The average Bonchev–Trinajstić information content (AvgIpc) is 2.21. The summed E-state index contributed by atoms with van der Waals surface area (Å²) in [6, 6.07) is 0.403. The average molecular weight is 214 g/mol. The molecule has 0 rings (SSSR count). The van der Waals surface area contributed by atoms with Crippen LogP contribution in [0.3, 0.4) is 0 Å². The molecule has 3 heteroatoms. The maximum Gasteiger partial charge on any atom is 0.233 e. The van der Waals surface area contributed by atoms with Crippen LogP contribution in [-0.2, 0) is 4.79 Å². The van der Waals surface area contributed by atoms with Crippen LogP contribution in [0.1, 0.15) is 41.0 Å². The summed E-state index contributed by atoms with van der Waals surface area (Å²) in [7, 11) is 0. The van der Waals surface area contributed by atoms with Crippen LogP contribution in [0.15, 0.2) is 0 Å². The molecular weight excluding hydrogens is 188 g/mol. The Morgan fingerprint density at radius 1 is 1.20 bits per heavy atom. The van der Waals surface area contributed by atoms with Gasteiger partial charge in [-0.25, -0.2) is 0 Å². The molecule has 2 N–H and O–H groups in total. The number of rotatable bonds is 7. The lowest BCUT2D eigenvalue weighted by atomic mass is 10.0. The summed E-state index contributed by atoms with van der Waals surface area (Å²) in [6.07, 6.45) is 1.14. The maximum absolute atomic E-state index is 11.4. The Morgan fingerprint density at radius 3 is 2.27 bits per heavy atom. The van der Waals surface area contributed by atoms with E-state index in [-0.39, 0.29) is 5.91 Å². The Morgan fingerprint density at radius 2 is 1.80 bits per heavy atom. The lowest BCUT2D eigenvalue weighted by Gasteiger charge is -2.19. The van der Waals surface area contributed by atoms with Crippen LogP contribution < -0.4 is 10.6 Å². The van der Waals surface area contributed by atoms with Crippen molar-refractivity contribution in [3.05, 3.63) is 0 Å². The molecule has 0 saturated carbocycles. The first-order valence-corrected chi connectivity index (χ1v) is 5.97. The second-order valence-corrected chi connectivity index (χ2v) is 4.75. The molecule has 0 saturated heterocycles. The molecule has 0 aromatic heterocycles. The molecule has 0 heterocycles. The molecule has 0 aliphatic carbocycles. The molecule has 2 atom stereocenters. The van der Waals surface area contributed by atoms with Crippen molar-refractivity contribution in [2.24, 2.45) is 11.8 Å². The van der Waals surface area contributed by atoms with Crippen molar-refractivity contribution < 1.29 is 4.79 Å². The van der Waals surface area contributed by atoms with E-state index in [0.29, 0.717) is 24.4 Å². The summed E-state index contributed by atoms with van der Waals surface area (Å²) < 4.78 is 0. The Labute approximate surface area is 94.0 Å². The molecule has 90 valence electrons. The lowest BCUT2D eigenvalue weighted by molar-refractivity contribution is -0.120. The van der Waals surface area contributed by atoms with Gasteiger partial charge in [-0.1, -0.05) is 34.1 Å². The van der Waals surface area contributed by atoms with Gasteiger partial charge in [-0.15, -0.1) is 0 Å². The first kappa shape index (κ1) is 14.4. The van der Waals surface area contributed by atoms with Gasteiger partial charge in [-0.05, 0) is 18.8 Å². The zero-order chi connectivity index (χ0) is 11.8. The fraction of sp³-hybridized carbons (Fsp3) is 0.917. The van der Waals surface area contributed by atoms with Gasteiger partial charge in [0.15, 0.2) is 0 Å². The molecule has 0 spiro atoms. The van der Waals surface area contributed by atoms with Gasteiger partial charge in [0.1, 0.15) is 0 Å². The molecule has 0 aliphatic heterocycles. The molecule has 15 heavy (non-hydrogen) atoms. The topological polar surface area (TPSA) is 41.1 Å². The number of hydrogen-bond acceptors (Lipinski definition) is 2. The van der Waals surface area contributed by atoms with Crippen molar-refractivity contribution in [2.45, 2.75) is 47.1 Å². The summed E-state index contributed by atoms with van der Waals surface area (Å²) in [4.78, 5) is 11.4. The van der Waals surface area contributed by atoms with Crippen molar-refractivity contribution in [1.29, 1.82) is 0 Å². The Kier molecular flexibility index (Phi) is 7.39. The van der Waals surface area contributed by atoms with Crippen LogP contribution in [0.4, 0.5) is 0 Å². The van der Waals surface area contributed by atoms with Crippen LogP contribution in [0.2, 0.25) is 0 Å². The third-order valence-corrected chi connectivity index (χ3v) is 2.79. The fourth-order valence-corrected chi connectivity index (χ4v) is 1.19. The van der Waals surface area contributed by atoms with E-state index in [1.807, 2.05) is 0 Å². The molecule has 0 radical (unpaired) electrons. The van der Waals surface area contributed by atoms with Gasteiger partial charge in [-0.2, -0.15) is 0 Å². The van der Waals surface area contributed by atoms with Crippen LogP contribution in [-0.4, -0.2) is 25.0 Å². The second kappa shape index (κ2) is 7.69. The Hall–Kier alpha value is -0.570. The van der Waals surface area contributed by atoms with E-state index in [1.165, 1.54) is 0 Å². The number of carbonyl (C=O) groups is 1. The van der Waals surface area contributed by atoms with Crippen molar-refractivity contribution >= 4 is 5.91 Å². The minimum atomic E-state index is 0.0962. The molecular formula is C12H26N2O. The smallest absolute Gasteiger partial charge is 0.233 e. The third-order valence-electron chi connectivity index (χ3n) is 2.79. The predicted molar refractivity (Wildman–Crippen MR) is 64.8 cm³/mol. The molecule has 0 bridgehead atoms. The second-order valence-electron chi connectivity index (χ2n) is 4.75. The number of amides is 1. The number of hydrogen-bond donors (Lipinski definition) is 2. The first-order chi connectivity index (χ1) is 6.97. The quantitative estimate of drug-likeness (QED) is 0.678. The molecule has 3 nitrogen and oxygen atoms in total. The summed E-state index contributed by atoms with van der Waals surface area (Å²) in [5.41, 5.74) is 0. The highest BCUT2D eigenvalue weighted by Crippen LogP contribution is 2.05. The van der Waals surface area contributed by atoms with Crippen LogP contribution in [0.5, 0.6) is 0 Å². The highest BCUT2D eigenvalue weighted by Gasteiger charge is 2.10. The monoisotopic (exact) mass is 214 g/mol. The van der Waals surface area contributed by atoms with Gasteiger partial charge in [0.2, 0.25) is 5.91 Å². The highest BCUT2D eigenvalue weighted by atomic mass is 16.1. The number of nitrogens with one attached hydrogen (secondary N) is 2. The highest BCUT2D eigenvalue weighted by molar-refractivity contribution is 5.77. The number of carbonyl (C=O) groups excluding carboxylic acids is 1.